The number of benzene rings is 1. The molecule has 0 aliphatic heterocycles. The van der Waals surface area contributed by atoms with Crippen molar-refractivity contribution in [2.75, 3.05) is 12.4 Å². The molecule has 1 aliphatic carbocycles. The van der Waals surface area contributed by atoms with Crippen LogP contribution < -0.4 is 5.32 Å². The Morgan fingerprint density at radius 2 is 1.87 bits per heavy atom. The highest BCUT2D eigenvalue weighted by atomic mass is 16.5. The maximum Gasteiger partial charge on any atom is 0.305 e. The number of rotatable bonds is 10. The minimum Gasteiger partial charge on any atom is -0.469 e. The van der Waals surface area contributed by atoms with E-state index >= 15 is 0 Å². The van der Waals surface area contributed by atoms with Gasteiger partial charge in [-0.05, 0) is 43.9 Å². The third-order valence-electron chi connectivity index (χ3n) is 5.69. The van der Waals surface area contributed by atoms with Crippen LogP contribution in [-0.4, -0.2) is 34.0 Å². The molecule has 0 saturated heterocycles. The summed E-state index contributed by atoms with van der Waals surface area (Å²) in [6.45, 7) is 0. The lowest BCUT2D eigenvalue weighted by Crippen LogP contribution is -2.11. The van der Waals surface area contributed by atoms with Gasteiger partial charge >= 0.3 is 5.97 Å². The molecule has 7 heteroatoms. The standard InChI is InChI=1S/C23H32N4O3/c1-30-23(29)15-8-3-2-7-14-22(28)24-19-12-9-13-20(16-19)27-17-21(25-26-27)18-10-5-4-6-11-18/h9,12-13,16-18H,2-8,10-11,14-15H2,1H3,(H,24,28). The second-order valence-electron chi connectivity index (χ2n) is 8.01. The lowest BCUT2D eigenvalue weighted by Gasteiger charge is -2.18. The Kier molecular flexibility index (Phi) is 8.41. The average Bonchev–Trinajstić information content (AvgIpc) is 3.27. The second-order valence-corrected chi connectivity index (χ2v) is 8.01. The molecule has 1 aromatic heterocycles. The summed E-state index contributed by atoms with van der Waals surface area (Å²) in [6, 6.07) is 7.69. The number of carbonyl (C=O) groups excluding carboxylic acids is 2. The van der Waals surface area contributed by atoms with Crippen molar-refractivity contribution in [2.24, 2.45) is 0 Å². The van der Waals surface area contributed by atoms with Crippen molar-refractivity contribution >= 4 is 17.6 Å². The van der Waals surface area contributed by atoms with Crippen LogP contribution in [0.1, 0.15) is 82.2 Å². The van der Waals surface area contributed by atoms with Crippen LogP contribution in [0.25, 0.3) is 5.69 Å². The number of aromatic nitrogens is 3. The number of hydrogen-bond donors (Lipinski definition) is 1. The summed E-state index contributed by atoms with van der Waals surface area (Å²) < 4.78 is 6.41. The number of anilines is 1. The highest BCUT2D eigenvalue weighted by Crippen LogP contribution is 2.31. The zero-order valence-electron chi connectivity index (χ0n) is 17.8. The Balaban J connectivity index is 1.45. The van der Waals surface area contributed by atoms with Gasteiger partial charge < -0.3 is 10.1 Å². The van der Waals surface area contributed by atoms with Crippen molar-refractivity contribution in [3.63, 3.8) is 0 Å². The fourth-order valence-electron chi connectivity index (χ4n) is 3.95. The lowest BCUT2D eigenvalue weighted by atomic mass is 9.87. The number of ether oxygens (including phenoxy) is 1. The zero-order valence-corrected chi connectivity index (χ0v) is 17.8. The molecular formula is C23H32N4O3. The molecule has 1 saturated carbocycles. The first kappa shape index (κ1) is 22.0. The summed E-state index contributed by atoms with van der Waals surface area (Å²) in [5.41, 5.74) is 2.72. The summed E-state index contributed by atoms with van der Waals surface area (Å²) in [6.07, 6.45) is 12.6. The summed E-state index contributed by atoms with van der Waals surface area (Å²) in [5.74, 6) is 0.343. The van der Waals surface area contributed by atoms with Crippen LogP contribution in [0.2, 0.25) is 0 Å². The predicted molar refractivity (Wildman–Crippen MR) is 116 cm³/mol. The SMILES string of the molecule is COC(=O)CCCCCCC(=O)Nc1cccc(-n2cc(C3CCCCC3)nn2)c1. The Labute approximate surface area is 178 Å². The first-order chi connectivity index (χ1) is 14.7. The molecule has 1 aliphatic rings. The van der Waals surface area contributed by atoms with Gasteiger partial charge in [0.25, 0.3) is 0 Å². The van der Waals surface area contributed by atoms with E-state index in [0.717, 1.165) is 42.8 Å². The van der Waals surface area contributed by atoms with Crippen LogP contribution in [0, 0.1) is 0 Å². The smallest absolute Gasteiger partial charge is 0.305 e. The van der Waals surface area contributed by atoms with Gasteiger partial charge in [-0.1, -0.05) is 43.4 Å². The summed E-state index contributed by atoms with van der Waals surface area (Å²) in [5, 5.41) is 11.7. The van der Waals surface area contributed by atoms with Gasteiger partial charge in [0.05, 0.1) is 24.7 Å². The first-order valence-electron chi connectivity index (χ1n) is 11.0. The molecule has 1 N–H and O–H groups in total. The summed E-state index contributed by atoms with van der Waals surface area (Å²) >= 11 is 0. The van der Waals surface area contributed by atoms with E-state index in [1.165, 1.54) is 39.2 Å². The minimum absolute atomic E-state index is 0.00148. The first-order valence-corrected chi connectivity index (χ1v) is 11.0. The largest absolute Gasteiger partial charge is 0.469 e. The normalized spacial score (nSPS) is 14.4. The number of esters is 1. The molecule has 162 valence electrons. The van der Waals surface area contributed by atoms with Gasteiger partial charge in [0.15, 0.2) is 0 Å². The number of nitrogens with one attached hydrogen (secondary N) is 1. The van der Waals surface area contributed by atoms with E-state index in [2.05, 4.69) is 20.4 Å². The van der Waals surface area contributed by atoms with Crippen LogP contribution in [-0.2, 0) is 14.3 Å². The van der Waals surface area contributed by atoms with Gasteiger partial charge in [-0.3, -0.25) is 9.59 Å². The van der Waals surface area contributed by atoms with Crippen molar-refractivity contribution in [1.82, 2.24) is 15.0 Å². The molecule has 2 aromatic rings. The van der Waals surface area contributed by atoms with Crippen molar-refractivity contribution in [3.8, 4) is 5.69 Å². The minimum atomic E-state index is -0.175. The number of carbonyl (C=O) groups is 2. The van der Waals surface area contributed by atoms with Crippen LogP contribution in [0.4, 0.5) is 5.69 Å². The van der Waals surface area contributed by atoms with Crippen LogP contribution >= 0.6 is 0 Å². The topological polar surface area (TPSA) is 86.1 Å². The molecule has 0 bridgehead atoms. The molecule has 1 fully saturated rings. The van der Waals surface area contributed by atoms with Gasteiger partial charge in [0, 0.05) is 24.4 Å². The van der Waals surface area contributed by atoms with E-state index in [1.54, 1.807) is 4.68 Å². The number of methoxy groups -OCH3 is 1. The van der Waals surface area contributed by atoms with E-state index in [0.29, 0.717) is 18.8 Å². The maximum atomic E-state index is 12.2. The van der Waals surface area contributed by atoms with Crippen LogP contribution in [0.15, 0.2) is 30.5 Å². The molecule has 0 spiro atoms. The maximum absolute atomic E-state index is 12.2. The highest BCUT2D eigenvalue weighted by molar-refractivity contribution is 5.90. The number of unbranched alkanes of at least 4 members (excludes halogenated alkanes) is 3. The zero-order chi connectivity index (χ0) is 21.2. The Hall–Kier alpha value is -2.70. The Morgan fingerprint density at radius 3 is 2.63 bits per heavy atom. The van der Waals surface area contributed by atoms with E-state index in [-0.39, 0.29) is 11.9 Å². The monoisotopic (exact) mass is 412 g/mol. The summed E-state index contributed by atoms with van der Waals surface area (Å²) in [7, 11) is 1.40. The van der Waals surface area contributed by atoms with Crippen molar-refractivity contribution < 1.29 is 14.3 Å². The van der Waals surface area contributed by atoms with Gasteiger partial charge in [-0.15, -0.1) is 5.10 Å². The molecule has 30 heavy (non-hydrogen) atoms. The highest BCUT2D eigenvalue weighted by Gasteiger charge is 2.18. The average molecular weight is 413 g/mol. The molecule has 1 aromatic carbocycles. The molecular weight excluding hydrogens is 380 g/mol. The van der Waals surface area contributed by atoms with E-state index in [1.807, 2.05) is 30.5 Å². The molecule has 0 unspecified atom stereocenters. The van der Waals surface area contributed by atoms with Crippen molar-refractivity contribution in [2.45, 2.75) is 76.5 Å². The fraction of sp³-hybridized carbons (Fsp3) is 0.565. The third-order valence-corrected chi connectivity index (χ3v) is 5.69. The number of amides is 1. The van der Waals surface area contributed by atoms with Gasteiger partial charge in [-0.2, -0.15) is 0 Å². The van der Waals surface area contributed by atoms with Crippen molar-refractivity contribution in [3.05, 3.63) is 36.2 Å². The fourth-order valence-corrected chi connectivity index (χ4v) is 3.95. The lowest BCUT2D eigenvalue weighted by molar-refractivity contribution is -0.140. The molecule has 1 amide bonds. The van der Waals surface area contributed by atoms with E-state index < -0.39 is 0 Å². The molecule has 3 rings (SSSR count). The van der Waals surface area contributed by atoms with E-state index in [9.17, 15) is 9.59 Å². The van der Waals surface area contributed by atoms with Crippen LogP contribution in [0.3, 0.4) is 0 Å². The quantitative estimate of drug-likeness (QED) is 0.449. The molecule has 0 atom stereocenters. The van der Waals surface area contributed by atoms with E-state index in [4.69, 9.17) is 0 Å². The summed E-state index contributed by atoms with van der Waals surface area (Å²) in [4.78, 5) is 23.3. The molecule has 1 heterocycles. The van der Waals surface area contributed by atoms with Gasteiger partial charge in [0.2, 0.25) is 5.91 Å². The third kappa shape index (κ3) is 6.68. The molecule has 0 radical (unpaired) electrons. The van der Waals surface area contributed by atoms with Crippen molar-refractivity contribution in [1.29, 1.82) is 0 Å². The van der Waals surface area contributed by atoms with Crippen LogP contribution in [0.5, 0.6) is 0 Å². The van der Waals surface area contributed by atoms with Gasteiger partial charge in [0.1, 0.15) is 0 Å². The Bertz CT molecular complexity index is 827. The predicted octanol–water partition coefficient (Wildman–Crippen LogP) is 4.77. The number of hydrogen-bond acceptors (Lipinski definition) is 5. The second kappa shape index (κ2) is 11.5. The number of nitrogens with zero attached hydrogens (tertiary/aromatic N) is 3. The van der Waals surface area contributed by atoms with Gasteiger partial charge in [-0.25, -0.2) is 4.68 Å². The molecule has 7 nitrogen and oxygen atoms in total. The Morgan fingerprint density at radius 1 is 1.10 bits per heavy atom.